The zero-order chi connectivity index (χ0) is 21.0. The van der Waals surface area contributed by atoms with Gasteiger partial charge >= 0.3 is 6.09 Å². The van der Waals surface area contributed by atoms with Gasteiger partial charge in [-0.05, 0) is 51.7 Å². The fraction of sp³-hybridized carbons (Fsp3) is 0.524. The third-order valence-corrected chi connectivity index (χ3v) is 6.37. The molecule has 1 fully saturated rings. The van der Waals surface area contributed by atoms with Crippen LogP contribution in [0.4, 0.5) is 4.79 Å². The minimum absolute atomic E-state index is 0.312. The van der Waals surface area contributed by atoms with Gasteiger partial charge < -0.3 is 10.0 Å². The van der Waals surface area contributed by atoms with Crippen molar-refractivity contribution in [1.29, 1.82) is 5.26 Å². The van der Waals surface area contributed by atoms with Crippen LogP contribution in [-0.4, -0.2) is 56.1 Å². The van der Waals surface area contributed by atoms with Crippen LogP contribution < -0.4 is 0 Å². The van der Waals surface area contributed by atoms with E-state index in [9.17, 15) is 15.2 Å². The summed E-state index contributed by atoms with van der Waals surface area (Å²) >= 11 is 1.51. The number of aromatic nitrogens is 2. The van der Waals surface area contributed by atoms with Crippen LogP contribution in [0, 0.1) is 17.2 Å². The topological polar surface area (TPSA) is 93.4 Å². The van der Waals surface area contributed by atoms with E-state index in [1.807, 2.05) is 39.0 Å². The molecule has 1 aliphatic heterocycles. The Morgan fingerprint density at radius 3 is 2.66 bits per heavy atom. The maximum Gasteiger partial charge on any atom is 0.407 e. The average Bonchev–Trinajstić information content (AvgIpc) is 3.17. The Kier molecular flexibility index (Phi) is 6.50. The van der Waals surface area contributed by atoms with Gasteiger partial charge in [-0.2, -0.15) is 5.26 Å². The van der Waals surface area contributed by atoms with Gasteiger partial charge in [0, 0.05) is 37.6 Å². The lowest BCUT2D eigenvalue weighted by molar-refractivity contribution is 0.0710. The van der Waals surface area contributed by atoms with E-state index >= 15 is 0 Å². The Labute approximate surface area is 175 Å². The highest BCUT2D eigenvalue weighted by Gasteiger charge is 2.32. The van der Waals surface area contributed by atoms with Gasteiger partial charge in [0.2, 0.25) is 0 Å². The van der Waals surface area contributed by atoms with E-state index in [2.05, 4.69) is 20.9 Å². The third-order valence-electron chi connectivity index (χ3n) is 5.30. The van der Waals surface area contributed by atoms with Crippen molar-refractivity contribution < 1.29 is 9.90 Å². The molecule has 2 aromatic heterocycles. The lowest BCUT2D eigenvalue weighted by Crippen LogP contribution is -2.49. The highest BCUT2D eigenvalue weighted by molar-refractivity contribution is 7.15. The summed E-state index contributed by atoms with van der Waals surface area (Å²) < 4.78 is 0. The van der Waals surface area contributed by atoms with E-state index in [4.69, 9.17) is 0 Å². The van der Waals surface area contributed by atoms with E-state index in [1.54, 1.807) is 12.4 Å². The number of nitriles is 1. The Hall–Kier alpha value is -2.50. The first kappa shape index (κ1) is 21.2. The van der Waals surface area contributed by atoms with Gasteiger partial charge in [0.1, 0.15) is 11.0 Å². The van der Waals surface area contributed by atoms with Crippen molar-refractivity contribution in [2.24, 2.45) is 5.92 Å². The molecule has 7 nitrogen and oxygen atoms in total. The first-order valence-corrected chi connectivity index (χ1v) is 10.6. The van der Waals surface area contributed by atoms with E-state index in [0.29, 0.717) is 12.5 Å². The summed E-state index contributed by atoms with van der Waals surface area (Å²) in [6.45, 7) is 7.85. The molecule has 1 aliphatic rings. The molecule has 1 N–H and O–H groups in total. The van der Waals surface area contributed by atoms with Crippen molar-refractivity contribution in [1.82, 2.24) is 19.8 Å². The van der Waals surface area contributed by atoms with Crippen molar-refractivity contribution in [3.8, 4) is 16.8 Å². The molecular formula is C21H27N5O2S. The predicted octanol–water partition coefficient (Wildman–Crippen LogP) is 4.26. The quantitative estimate of drug-likeness (QED) is 0.787. The zero-order valence-electron chi connectivity index (χ0n) is 17.1. The monoisotopic (exact) mass is 413 g/mol. The van der Waals surface area contributed by atoms with Crippen LogP contribution in [0.1, 0.15) is 44.5 Å². The normalized spacial score (nSPS) is 16.9. The predicted molar refractivity (Wildman–Crippen MR) is 112 cm³/mol. The Morgan fingerprint density at radius 1 is 1.38 bits per heavy atom. The van der Waals surface area contributed by atoms with Crippen LogP contribution >= 0.6 is 11.3 Å². The number of piperidine rings is 1. The fourth-order valence-corrected chi connectivity index (χ4v) is 4.61. The molecule has 0 spiro atoms. The fourth-order valence-electron chi connectivity index (χ4n) is 3.64. The number of carbonyl (C=O) groups is 1. The maximum absolute atomic E-state index is 11.6. The zero-order valence-corrected chi connectivity index (χ0v) is 17.9. The van der Waals surface area contributed by atoms with Crippen LogP contribution in [0.25, 0.3) is 10.7 Å². The molecule has 0 aliphatic carbocycles. The molecule has 3 rings (SSSR count). The second kappa shape index (κ2) is 8.89. The molecule has 3 heterocycles. The summed E-state index contributed by atoms with van der Waals surface area (Å²) in [6.07, 6.45) is 4.40. The lowest BCUT2D eigenvalue weighted by atomic mass is 9.93. The number of carboxylic acid groups (broad SMARTS) is 1. The Balaban J connectivity index is 1.63. The number of amides is 1. The van der Waals surface area contributed by atoms with Gasteiger partial charge in [0.15, 0.2) is 0 Å². The molecular weight excluding hydrogens is 386 g/mol. The molecule has 1 atom stereocenters. The number of nitrogens with zero attached hydrogens (tertiary/aromatic N) is 5. The van der Waals surface area contributed by atoms with Crippen molar-refractivity contribution >= 4 is 17.4 Å². The molecule has 0 saturated carbocycles. The largest absolute Gasteiger partial charge is 0.465 e. The van der Waals surface area contributed by atoms with Crippen LogP contribution in [0.5, 0.6) is 0 Å². The average molecular weight is 414 g/mol. The summed E-state index contributed by atoms with van der Waals surface area (Å²) in [5.74, 6) is 0.312. The van der Waals surface area contributed by atoms with Crippen LogP contribution in [-0.2, 0) is 0 Å². The summed E-state index contributed by atoms with van der Waals surface area (Å²) in [7, 11) is 0. The van der Waals surface area contributed by atoms with Gasteiger partial charge in [0.05, 0.1) is 16.6 Å². The number of rotatable bonds is 5. The standard InChI is InChI=1S/C21H27N5O2S/c1-21(2,3)26(20(27)28)14-15-7-10-25(11-8-15)17(12-22)18-13-24-19(29-18)16-6-4-5-9-23-16/h4-6,9,13,15,17H,7-8,10-11,14H2,1-3H3,(H,27,28). The number of pyridine rings is 1. The summed E-state index contributed by atoms with van der Waals surface area (Å²) in [4.78, 5) is 25.0. The highest BCUT2D eigenvalue weighted by Crippen LogP contribution is 2.33. The second-order valence-electron chi connectivity index (χ2n) is 8.36. The van der Waals surface area contributed by atoms with Crippen molar-refractivity contribution in [2.45, 2.75) is 45.2 Å². The van der Waals surface area contributed by atoms with Crippen LogP contribution in [0.2, 0.25) is 0 Å². The minimum Gasteiger partial charge on any atom is -0.465 e. The van der Waals surface area contributed by atoms with E-state index in [0.717, 1.165) is 41.5 Å². The smallest absolute Gasteiger partial charge is 0.407 e. The molecule has 0 aromatic carbocycles. The molecule has 1 amide bonds. The number of hydrogen-bond acceptors (Lipinski definition) is 6. The molecule has 0 radical (unpaired) electrons. The molecule has 0 bridgehead atoms. The van der Waals surface area contributed by atoms with Gasteiger partial charge in [-0.25, -0.2) is 9.78 Å². The SMILES string of the molecule is CC(C)(C)N(CC1CCN(C(C#N)c2cnc(-c3ccccn3)s2)CC1)C(=O)O. The summed E-state index contributed by atoms with van der Waals surface area (Å²) in [5, 5.41) is 20.1. The maximum atomic E-state index is 11.6. The summed E-state index contributed by atoms with van der Waals surface area (Å²) in [5.41, 5.74) is 0.401. The van der Waals surface area contributed by atoms with E-state index in [1.165, 1.54) is 16.2 Å². The molecule has 1 unspecified atom stereocenters. The van der Waals surface area contributed by atoms with Gasteiger partial charge in [-0.3, -0.25) is 9.88 Å². The van der Waals surface area contributed by atoms with E-state index < -0.39 is 11.6 Å². The third kappa shape index (κ3) is 5.11. The van der Waals surface area contributed by atoms with Crippen molar-refractivity contribution in [2.75, 3.05) is 19.6 Å². The lowest BCUT2D eigenvalue weighted by Gasteiger charge is -2.39. The van der Waals surface area contributed by atoms with Gasteiger partial charge in [-0.1, -0.05) is 6.07 Å². The number of likely N-dealkylation sites (tertiary alicyclic amines) is 1. The number of hydrogen-bond donors (Lipinski definition) is 1. The first-order valence-electron chi connectivity index (χ1n) is 9.81. The Morgan fingerprint density at radius 2 is 2.10 bits per heavy atom. The van der Waals surface area contributed by atoms with Crippen molar-refractivity contribution in [3.63, 3.8) is 0 Å². The number of thiazole rings is 1. The van der Waals surface area contributed by atoms with E-state index in [-0.39, 0.29) is 6.04 Å². The molecule has 1 saturated heterocycles. The van der Waals surface area contributed by atoms with Gasteiger partial charge in [-0.15, -0.1) is 11.3 Å². The molecule has 8 heteroatoms. The highest BCUT2D eigenvalue weighted by atomic mass is 32.1. The Bertz CT molecular complexity index is 863. The molecule has 29 heavy (non-hydrogen) atoms. The van der Waals surface area contributed by atoms with Gasteiger partial charge in [0.25, 0.3) is 0 Å². The van der Waals surface area contributed by atoms with Crippen LogP contribution in [0.15, 0.2) is 30.6 Å². The molecule has 154 valence electrons. The van der Waals surface area contributed by atoms with Crippen molar-refractivity contribution in [3.05, 3.63) is 35.5 Å². The van der Waals surface area contributed by atoms with Crippen LogP contribution in [0.3, 0.4) is 0 Å². The first-order chi connectivity index (χ1) is 13.8. The minimum atomic E-state index is -0.874. The second-order valence-corrected chi connectivity index (χ2v) is 9.42. The molecule has 2 aromatic rings. The summed E-state index contributed by atoms with van der Waals surface area (Å²) in [6, 6.07) is 7.80.